The van der Waals surface area contributed by atoms with Crippen LogP contribution < -0.4 is 15.5 Å². The van der Waals surface area contributed by atoms with E-state index in [9.17, 15) is 9.59 Å². The van der Waals surface area contributed by atoms with E-state index in [0.29, 0.717) is 5.84 Å². The van der Waals surface area contributed by atoms with Crippen LogP contribution in [0.15, 0.2) is 29.3 Å². The number of urea groups is 1. The first kappa shape index (κ1) is 20.4. The molecule has 0 fully saturated rings. The zero-order valence-electron chi connectivity index (χ0n) is 16.9. The van der Waals surface area contributed by atoms with E-state index in [4.69, 9.17) is 0 Å². The van der Waals surface area contributed by atoms with Crippen LogP contribution in [0.1, 0.15) is 71.1 Å². The Morgan fingerprint density at radius 1 is 0.929 bits per heavy atom. The summed E-state index contributed by atoms with van der Waals surface area (Å²) in [6.07, 6.45) is 12.8. The van der Waals surface area contributed by atoms with Crippen LogP contribution in [0, 0.1) is 0 Å². The molecule has 2 heterocycles. The van der Waals surface area contributed by atoms with Crippen molar-refractivity contribution in [2.75, 3.05) is 16.8 Å². The van der Waals surface area contributed by atoms with Crippen LogP contribution >= 0.6 is 0 Å². The lowest BCUT2D eigenvalue weighted by Gasteiger charge is -2.38. The number of unbranched alkanes of at least 4 members (excludes halogenated alkanes) is 9. The fourth-order valence-corrected chi connectivity index (χ4v) is 3.94. The second kappa shape index (κ2) is 10.2. The molecule has 0 saturated carbocycles. The van der Waals surface area contributed by atoms with Gasteiger partial charge in [-0.05, 0) is 18.6 Å². The van der Waals surface area contributed by atoms with Crippen molar-refractivity contribution < 1.29 is 9.59 Å². The minimum Gasteiger partial charge on any atom is -0.366 e. The van der Waals surface area contributed by atoms with E-state index in [2.05, 4.69) is 22.5 Å². The Morgan fingerprint density at radius 2 is 1.57 bits per heavy atom. The fraction of sp³-hybridized carbons (Fsp3) is 0.591. The van der Waals surface area contributed by atoms with E-state index >= 15 is 0 Å². The summed E-state index contributed by atoms with van der Waals surface area (Å²) in [7, 11) is 0. The number of para-hydroxylation sites is 2. The number of carbonyl (C=O) groups is 2. The number of nitrogens with one attached hydrogen (secondary N) is 2. The highest BCUT2D eigenvalue weighted by Crippen LogP contribution is 2.32. The van der Waals surface area contributed by atoms with Gasteiger partial charge >= 0.3 is 6.03 Å². The molecule has 0 bridgehead atoms. The normalized spacial score (nSPS) is 18.1. The Kier molecular flexibility index (Phi) is 7.46. The number of hydrogen-bond acceptors (Lipinski definition) is 4. The highest BCUT2D eigenvalue weighted by molar-refractivity contribution is 6.26. The molecule has 3 amide bonds. The van der Waals surface area contributed by atoms with Crippen molar-refractivity contribution in [2.45, 2.75) is 77.2 Å². The highest BCUT2D eigenvalue weighted by Gasteiger charge is 2.38. The van der Waals surface area contributed by atoms with Gasteiger partial charge < -0.3 is 10.2 Å². The Bertz CT molecular complexity index is 716. The van der Waals surface area contributed by atoms with Gasteiger partial charge in [0.25, 0.3) is 5.91 Å². The second-order valence-electron chi connectivity index (χ2n) is 7.69. The van der Waals surface area contributed by atoms with Crippen LogP contribution in [0.25, 0.3) is 0 Å². The summed E-state index contributed by atoms with van der Waals surface area (Å²) in [5.74, 6) is 0.181. The SMILES string of the molecule is CCCCCCCCCCCCN1C2=NC(=O)NC(=O)C2Nc2ccccc21. The summed E-state index contributed by atoms with van der Waals surface area (Å²) in [6.45, 7) is 3.02. The number of carbonyl (C=O) groups excluding carboxylic acids is 2. The molecule has 1 aromatic carbocycles. The van der Waals surface area contributed by atoms with E-state index in [-0.39, 0.29) is 5.91 Å². The molecule has 1 atom stereocenters. The fourth-order valence-electron chi connectivity index (χ4n) is 3.94. The van der Waals surface area contributed by atoms with Gasteiger partial charge in [0.1, 0.15) is 5.84 Å². The van der Waals surface area contributed by atoms with E-state index in [1.807, 2.05) is 29.2 Å². The quantitative estimate of drug-likeness (QED) is 0.535. The molecule has 6 nitrogen and oxygen atoms in total. The van der Waals surface area contributed by atoms with E-state index in [0.717, 1.165) is 30.8 Å². The minimum atomic E-state index is -0.601. The second-order valence-corrected chi connectivity index (χ2v) is 7.69. The predicted molar refractivity (Wildman–Crippen MR) is 114 cm³/mol. The van der Waals surface area contributed by atoms with Gasteiger partial charge in [0.2, 0.25) is 0 Å². The van der Waals surface area contributed by atoms with Crippen molar-refractivity contribution in [1.82, 2.24) is 5.32 Å². The van der Waals surface area contributed by atoms with Gasteiger partial charge in [-0.15, -0.1) is 0 Å². The zero-order chi connectivity index (χ0) is 19.8. The van der Waals surface area contributed by atoms with Gasteiger partial charge in [-0.3, -0.25) is 10.1 Å². The number of aliphatic imine (C=N–C) groups is 1. The molecule has 152 valence electrons. The third kappa shape index (κ3) is 5.12. The summed E-state index contributed by atoms with van der Waals surface area (Å²) < 4.78 is 0. The molecule has 2 aliphatic heterocycles. The van der Waals surface area contributed by atoms with Gasteiger partial charge in [0.15, 0.2) is 6.04 Å². The third-order valence-electron chi connectivity index (χ3n) is 5.47. The highest BCUT2D eigenvalue weighted by atomic mass is 16.2. The van der Waals surface area contributed by atoms with Gasteiger partial charge in [-0.1, -0.05) is 76.8 Å². The molecule has 1 unspecified atom stereocenters. The van der Waals surface area contributed by atoms with Crippen molar-refractivity contribution in [3.05, 3.63) is 24.3 Å². The molecule has 0 spiro atoms. The number of nitrogens with zero attached hydrogens (tertiary/aromatic N) is 2. The molecule has 2 aliphatic rings. The average Bonchev–Trinajstić information content (AvgIpc) is 2.69. The Balaban J connectivity index is 1.50. The Morgan fingerprint density at radius 3 is 2.29 bits per heavy atom. The van der Waals surface area contributed by atoms with Crippen LogP contribution in [0.5, 0.6) is 0 Å². The van der Waals surface area contributed by atoms with Crippen LogP contribution in [0.4, 0.5) is 16.2 Å². The lowest BCUT2D eigenvalue weighted by Crippen LogP contribution is -2.59. The number of rotatable bonds is 11. The maximum Gasteiger partial charge on any atom is 0.349 e. The van der Waals surface area contributed by atoms with Gasteiger partial charge in [-0.25, -0.2) is 4.79 Å². The Hall–Kier alpha value is -2.37. The summed E-state index contributed by atoms with van der Waals surface area (Å²) in [4.78, 5) is 30.1. The van der Waals surface area contributed by atoms with Crippen molar-refractivity contribution in [1.29, 1.82) is 0 Å². The van der Waals surface area contributed by atoms with Gasteiger partial charge in [0.05, 0.1) is 11.4 Å². The number of amidine groups is 1. The number of benzene rings is 1. The molecular formula is C22H32N4O2. The molecule has 2 N–H and O–H groups in total. The van der Waals surface area contributed by atoms with Crippen LogP contribution in [-0.4, -0.2) is 30.4 Å². The van der Waals surface area contributed by atoms with Crippen molar-refractivity contribution in [3.63, 3.8) is 0 Å². The van der Waals surface area contributed by atoms with Crippen LogP contribution in [-0.2, 0) is 4.79 Å². The molecule has 0 aromatic heterocycles. The van der Waals surface area contributed by atoms with Gasteiger partial charge in [-0.2, -0.15) is 4.99 Å². The minimum absolute atomic E-state index is 0.336. The molecule has 0 aliphatic carbocycles. The molecule has 1 aromatic rings. The number of anilines is 2. The monoisotopic (exact) mass is 384 g/mol. The first-order valence-electron chi connectivity index (χ1n) is 10.8. The number of hydrogen-bond donors (Lipinski definition) is 2. The predicted octanol–water partition coefficient (Wildman–Crippen LogP) is 4.86. The van der Waals surface area contributed by atoms with Crippen molar-refractivity contribution in [3.8, 4) is 0 Å². The van der Waals surface area contributed by atoms with E-state index < -0.39 is 12.1 Å². The third-order valence-corrected chi connectivity index (χ3v) is 5.47. The summed E-state index contributed by atoms with van der Waals surface area (Å²) in [5.41, 5.74) is 1.89. The smallest absolute Gasteiger partial charge is 0.349 e. The molecule has 3 rings (SSSR count). The van der Waals surface area contributed by atoms with Crippen molar-refractivity contribution >= 4 is 29.1 Å². The Labute approximate surface area is 167 Å². The first-order valence-corrected chi connectivity index (χ1v) is 10.8. The molecule has 6 heteroatoms. The summed E-state index contributed by atoms with van der Waals surface area (Å²) in [5, 5.41) is 5.49. The lowest BCUT2D eigenvalue weighted by atomic mass is 10.0. The number of amides is 3. The molecule has 28 heavy (non-hydrogen) atoms. The summed E-state index contributed by atoms with van der Waals surface area (Å²) >= 11 is 0. The number of fused-ring (bicyclic) bond motifs is 2. The lowest BCUT2D eigenvalue weighted by molar-refractivity contribution is -0.119. The maximum atomic E-state index is 12.2. The van der Waals surface area contributed by atoms with E-state index in [1.165, 1.54) is 51.4 Å². The van der Waals surface area contributed by atoms with Gasteiger partial charge in [0, 0.05) is 6.54 Å². The number of imide groups is 1. The molecular weight excluding hydrogens is 352 g/mol. The zero-order valence-corrected chi connectivity index (χ0v) is 16.9. The van der Waals surface area contributed by atoms with E-state index in [1.54, 1.807) is 0 Å². The standard InChI is InChI=1S/C22H32N4O2/c1-2-3-4-5-6-7-8-9-10-13-16-26-18-15-12-11-14-17(18)23-19-20(26)24-22(28)25-21(19)27/h11-12,14-15,19,23H,2-10,13,16H2,1H3,(H,25,27,28). The summed E-state index contributed by atoms with van der Waals surface area (Å²) in [6, 6.07) is 6.70. The molecule has 0 radical (unpaired) electrons. The topological polar surface area (TPSA) is 73.8 Å². The first-order chi connectivity index (χ1) is 13.7. The maximum absolute atomic E-state index is 12.2. The van der Waals surface area contributed by atoms with Crippen molar-refractivity contribution in [2.24, 2.45) is 4.99 Å². The average molecular weight is 385 g/mol. The molecule has 0 saturated heterocycles. The largest absolute Gasteiger partial charge is 0.366 e. The van der Waals surface area contributed by atoms with Crippen LogP contribution in [0.3, 0.4) is 0 Å². The van der Waals surface area contributed by atoms with Crippen LogP contribution in [0.2, 0.25) is 0 Å².